The monoisotopic (exact) mass is 521 g/mol. The topological polar surface area (TPSA) is 52.6 Å². The number of anilines is 1. The first kappa shape index (κ1) is 22.6. The van der Waals surface area contributed by atoms with Crippen molar-refractivity contribution in [1.82, 2.24) is 15.6 Å². The van der Waals surface area contributed by atoms with E-state index in [-0.39, 0.29) is 30.0 Å². The molecule has 2 N–H and O–H groups in total. The molecular formula is C19H23ClF2IN5. The lowest BCUT2D eigenvalue weighted by atomic mass is 10.1. The highest BCUT2D eigenvalue weighted by molar-refractivity contribution is 14.0. The van der Waals surface area contributed by atoms with Gasteiger partial charge in [0.05, 0.1) is 5.02 Å². The molecule has 5 nitrogen and oxygen atoms in total. The van der Waals surface area contributed by atoms with Crippen molar-refractivity contribution in [3.05, 3.63) is 58.7 Å². The molecule has 0 bridgehead atoms. The minimum absolute atomic E-state index is 0. The largest absolute Gasteiger partial charge is 0.356 e. The highest BCUT2D eigenvalue weighted by Crippen LogP contribution is 2.25. The number of pyridine rings is 1. The Balaban J connectivity index is 0.00000280. The first-order chi connectivity index (χ1) is 13.1. The molecular weight excluding hydrogens is 499 g/mol. The molecule has 1 aliphatic heterocycles. The summed E-state index contributed by atoms with van der Waals surface area (Å²) in [5.74, 6) is 0.341. The van der Waals surface area contributed by atoms with Crippen molar-refractivity contribution in [2.75, 3.05) is 31.6 Å². The van der Waals surface area contributed by atoms with Gasteiger partial charge < -0.3 is 15.5 Å². The zero-order chi connectivity index (χ0) is 19.2. The molecule has 0 spiro atoms. The van der Waals surface area contributed by atoms with Gasteiger partial charge >= 0.3 is 0 Å². The first-order valence-electron chi connectivity index (χ1n) is 8.83. The Bertz CT molecular complexity index is 821. The maximum atomic E-state index is 13.7. The highest BCUT2D eigenvalue weighted by Gasteiger charge is 2.25. The standard InChI is InChI=1S/C19H22ClF2N5.HI/c1-23-19(25-9-6-13-4-5-14(21)11-17(13)22)26-15-7-10-27(12-15)18-16(20)3-2-8-24-18;/h2-5,8,11,15H,6-7,9-10,12H2,1H3,(H2,23,25,26);1H. The second-order valence-electron chi connectivity index (χ2n) is 6.37. The number of hydrogen-bond acceptors (Lipinski definition) is 3. The molecule has 1 aromatic carbocycles. The number of nitrogens with zero attached hydrogens (tertiary/aromatic N) is 3. The van der Waals surface area contributed by atoms with Crippen molar-refractivity contribution < 1.29 is 8.78 Å². The van der Waals surface area contributed by atoms with E-state index in [1.165, 1.54) is 12.1 Å². The van der Waals surface area contributed by atoms with Crippen LogP contribution in [0.15, 0.2) is 41.5 Å². The van der Waals surface area contributed by atoms with Crippen LogP contribution in [-0.2, 0) is 6.42 Å². The summed E-state index contributed by atoms with van der Waals surface area (Å²) in [5.41, 5.74) is 0.469. The summed E-state index contributed by atoms with van der Waals surface area (Å²) in [7, 11) is 1.69. The van der Waals surface area contributed by atoms with Gasteiger partial charge in [-0.2, -0.15) is 0 Å². The average molecular weight is 522 g/mol. The smallest absolute Gasteiger partial charge is 0.191 e. The van der Waals surface area contributed by atoms with Crippen LogP contribution in [0.4, 0.5) is 14.6 Å². The van der Waals surface area contributed by atoms with Crippen LogP contribution in [0.5, 0.6) is 0 Å². The van der Waals surface area contributed by atoms with Gasteiger partial charge in [0.1, 0.15) is 17.5 Å². The van der Waals surface area contributed by atoms with Crippen LogP contribution >= 0.6 is 35.6 Å². The molecule has 1 saturated heterocycles. The fourth-order valence-electron chi connectivity index (χ4n) is 3.11. The molecule has 2 heterocycles. The van der Waals surface area contributed by atoms with Gasteiger partial charge in [-0.05, 0) is 36.6 Å². The molecule has 28 heavy (non-hydrogen) atoms. The average Bonchev–Trinajstić information content (AvgIpc) is 3.11. The van der Waals surface area contributed by atoms with Crippen LogP contribution in [0.3, 0.4) is 0 Å². The van der Waals surface area contributed by atoms with Gasteiger partial charge in [0.2, 0.25) is 0 Å². The third kappa shape index (κ3) is 5.91. The van der Waals surface area contributed by atoms with E-state index < -0.39 is 11.6 Å². The lowest BCUT2D eigenvalue weighted by Gasteiger charge is -2.20. The molecule has 152 valence electrons. The molecule has 1 atom stereocenters. The van der Waals surface area contributed by atoms with Crippen molar-refractivity contribution in [3.8, 4) is 0 Å². The van der Waals surface area contributed by atoms with Crippen molar-refractivity contribution in [3.63, 3.8) is 0 Å². The van der Waals surface area contributed by atoms with Crippen LogP contribution in [0.25, 0.3) is 0 Å². The third-order valence-corrected chi connectivity index (χ3v) is 4.79. The molecule has 1 aliphatic rings. The van der Waals surface area contributed by atoms with E-state index in [9.17, 15) is 8.78 Å². The predicted octanol–water partition coefficient (Wildman–Crippen LogP) is 3.62. The Morgan fingerprint density at radius 3 is 2.89 bits per heavy atom. The molecule has 0 amide bonds. The fraction of sp³-hybridized carbons (Fsp3) is 0.368. The Labute approximate surface area is 185 Å². The maximum Gasteiger partial charge on any atom is 0.191 e. The number of rotatable bonds is 5. The van der Waals surface area contributed by atoms with E-state index >= 15 is 0 Å². The van der Waals surface area contributed by atoms with Crippen LogP contribution in [-0.4, -0.2) is 43.7 Å². The highest BCUT2D eigenvalue weighted by atomic mass is 127. The van der Waals surface area contributed by atoms with E-state index in [0.717, 1.165) is 31.4 Å². The van der Waals surface area contributed by atoms with Gasteiger partial charge in [-0.1, -0.05) is 17.7 Å². The zero-order valence-corrected chi connectivity index (χ0v) is 18.5. The number of benzene rings is 1. The number of nitrogens with one attached hydrogen (secondary N) is 2. The fourth-order valence-corrected chi connectivity index (χ4v) is 3.35. The molecule has 1 fully saturated rings. The van der Waals surface area contributed by atoms with Gasteiger partial charge in [-0.3, -0.25) is 4.99 Å². The molecule has 0 saturated carbocycles. The minimum atomic E-state index is -0.569. The predicted molar refractivity (Wildman–Crippen MR) is 120 cm³/mol. The lowest BCUT2D eigenvalue weighted by Crippen LogP contribution is -2.45. The van der Waals surface area contributed by atoms with E-state index in [4.69, 9.17) is 11.6 Å². The Kier molecular flexibility index (Phi) is 8.68. The molecule has 1 unspecified atom stereocenters. The van der Waals surface area contributed by atoms with E-state index in [2.05, 4.69) is 25.5 Å². The van der Waals surface area contributed by atoms with Crippen molar-refractivity contribution in [2.45, 2.75) is 18.9 Å². The minimum Gasteiger partial charge on any atom is -0.356 e. The molecule has 1 aromatic heterocycles. The Morgan fingerprint density at radius 1 is 1.36 bits per heavy atom. The van der Waals surface area contributed by atoms with Crippen molar-refractivity contribution >= 4 is 47.4 Å². The lowest BCUT2D eigenvalue weighted by molar-refractivity contribution is 0.570. The van der Waals surface area contributed by atoms with Crippen LogP contribution < -0.4 is 15.5 Å². The third-order valence-electron chi connectivity index (χ3n) is 4.49. The summed E-state index contributed by atoms with van der Waals surface area (Å²) in [6.07, 6.45) is 3.10. The first-order valence-corrected chi connectivity index (χ1v) is 9.21. The van der Waals surface area contributed by atoms with E-state index in [1.807, 2.05) is 12.1 Å². The summed E-state index contributed by atoms with van der Waals surface area (Å²) in [6, 6.07) is 7.48. The molecule has 0 radical (unpaired) electrons. The van der Waals surface area contributed by atoms with Crippen molar-refractivity contribution in [1.29, 1.82) is 0 Å². The second kappa shape index (κ2) is 10.8. The van der Waals surface area contributed by atoms with Gasteiger partial charge in [0, 0.05) is 45.0 Å². The van der Waals surface area contributed by atoms with Gasteiger partial charge in [-0.25, -0.2) is 13.8 Å². The number of aliphatic imine (C=N–C) groups is 1. The number of hydrogen-bond donors (Lipinski definition) is 2. The Hall–Kier alpha value is -1.68. The van der Waals surface area contributed by atoms with Gasteiger partial charge in [0.15, 0.2) is 5.96 Å². The van der Waals surface area contributed by atoms with Gasteiger partial charge in [0.25, 0.3) is 0 Å². The molecule has 9 heteroatoms. The van der Waals surface area contributed by atoms with Crippen molar-refractivity contribution in [2.24, 2.45) is 4.99 Å². The van der Waals surface area contributed by atoms with Gasteiger partial charge in [-0.15, -0.1) is 24.0 Å². The summed E-state index contributed by atoms with van der Waals surface area (Å²) in [6.45, 7) is 2.11. The summed E-state index contributed by atoms with van der Waals surface area (Å²) >= 11 is 6.22. The summed E-state index contributed by atoms with van der Waals surface area (Å²) < 4.78 is 26.6. The second-order valence-corrected chi connectivity index (χ2v) is 6.78. The number of aromatic nitrogens is 1. The zero-order valence-electron chi connectivity index (χ0n) is 15.5. The summed E-state index contributed by atoms with van der Waals surface area (Å²) in [5, 5.41) is 7.18. The normalized spacial score (nSPS) is 16.6. The van der Waals surface area contributed by atoms with E-state index in [0.29, 0.717) is 29.5 Å². The van der Waals surface area contributed by atoms with Crippen LogP contribution in [0, 0.1) is 11.6 Å². The molecule has 3 rings (SSSR count). The van der Waals surface area contributed by atoms with Crippen LogP contribution in [0.1, 0.15) is 12.0 Å². The van der Waals surface area contributed by atoms with E-state index in [1.54, 1.807) is 13.2 Å². The van der Waals surface area contributed by atoms with Crippen LogP contribution in [0.2, 0.25) is 5.02 Å². The number of halogens is 4. The molecule has 2 aromatic rings. The summed E-state index contributed by atoms with van der Waals surface area (Å²) in [4.78, 5) is 10.7. The molecule has 0 aliphatic carbocycles. The maximum absolute atomic E-state index is 13.7. The SMILES string of the molecule is CN=C(NCCc1ccc(F)cc1F)NC1CCN(c2ncccc2Cl)C1.I. The quantitative estimate of drug-likeness (QED) is 0.359. The number of guanidine groups is 1. The Morgan fingerprint density at radius 2 is 2.18 bits per heavy atom.